The molecule has 0 aliphatic carbocycles. The number of hydrogen-bond acceptors (Lipinski definition) is 4. The van der Waals surface area contributed by atoms with Gasteiger partial charge >= 0.3 is 0 Å². The van der Waals surface area contributed by atoms with Crippen LogP contribution in [0.5, 0.6) is 0 Å². The summed E-state index contributed by atoms with van der Waals surface area (Å²) in [6.45, 7) is 5.30. The Labute approximate surface area is 124 Å². The Morgan fingerprint density at radius 1 is 1.24 bits per heavy atom. The van der Waals surface area contributed by atoms with Gasteiger partial charge in [-0.3, -0.25) is 9.59 Å². The fraction of sp³-hybridized carbons (Fsp3) is 0.467. The van der Waals surface area contributed by atoms with Crippen LogP contribution in [0.1, 0.15) is 20.3 Å². The fourth-order valence-electron chi connectivity index (χ4n) is 1.94. The van der Waals surface area contributed by atoms with Gasteiger partial charge in [-0.1, -0.05) is 13.0 Å². The summed E-state index contributed by atoms with van der Waals surface area (Å²) < 4.78 is 5.57. The van der Waals surface area contributed by atoms with E-state index in [-0.39, 0.29) is 24.0 Å². The van der Waals surface area contributed by atoms with Gasteiger partial charge in [0.15, 0.2) is 0 Å². The first kappa shape index (κ1) is 15.5. The van der Waals surface area contributed by atoms with Crippen LogP contribution in [-0.2, 0) is 14.3 Å². The first-order valence-electron chi connectivity index (χ1n) is 7.05. The second-order valence-electron chi connectivity index (χ2n) is 5.37. The molecule has 1 fully saturated rings. The minimum atomic E-state index is -0.242. The monoisotopic (exact) mass is 291 g/mol. The van der Waals surface area contributed by atoms with Crippen LogP contribution in [0, 0.1) is 0 Å². The molecule has 0 radical (unpaired) electrons. The largest absolute Gasteiger partial charge is 0.363 e. The summed E-state index contributed by atoms with van der Waals surface area (Å²) in [6, 6.07) is 7.05. The number of nitrogens with one attached hydrogen (secondary N) is 3. The summed E-state index contributed by atoms with van der Waals surface area (Å²) in [5.74, 6) is -0.269. The molecule has 1 aliphatic heterocycles. The standard InChI is InChI=1S/C15H21N3O3/c1-3-13(19)17-11-5-4-6-12(7-11)18-14(20)8-21-15(2)9-16-10-15/h4-7,16H,3,8-10H2,1-2H3,(H,17,19)(H,18,20). The van der Waals surface area contributed by atoms with Gasteiger partial charge in [-0.15, -0.1) is 0 Å². The Kier molecular flexibility index (Phi) is 4.93. The number of carbonyl (C=O) groups excluding carboxylic acids is 2. The Balaban J connectivity index is 1.85. The molecule has 1 heterocycles. The van der Waals surface area contributed by atoms with Gasteiger partial charge in [0.2, 0.25) is 11.8 Å². The maximum absolute atomic E-state index is 11.8. The highest BCUT2D eigenvalue weighted by Crippen LogP contribution is 2.17. The lowest BCUT2D eigenvalue weighted by Gasteiger charge is -2.38. The van der Waals surface area contributed by atoms with Crippen molar-refractivity contribution in [3.63, 3.8) is 0 Å². The zero-order valence-corrected chi connectivity index (χ0v) is 12.4. The van der Waals surface area contributed by atoms with Gasteiger partial charge in [-0.05, 0) is 25.1 Å². The van der Waals surface area contributed by atoms with Crippen LogP contribution >= 0.6 is 0 Å². The molecule has 1 aromatic carbocycles. The quantitative estimate of drug-likeness (QED) is 0.739. The van der Waals surface area contributed by atoms with Crippen LogP contribution in [0.3, 0.4) is 0 Å². The van der Waals surface area contributed by atoms with Crippen LogP contribution in [0.2, 0.25) is 0 Å². The summed E-state index contributed by atoms with van der Waals surface area (Å²) in [4.78, 5) is 23.2. The second-order valence-corrected chi connectivity index (χ2v) is 5.37. The SMILES string of the molecule is CCC(=O)Nc1cccc(NC(=O)COC2(C)CNC2)c1. The molecule has 2 amide bonds. The minimum Gasteiger partial charge on any atom is -0.363 e. The van der Waals surface area contributed by atoms with Crippen molar-refractivity contribution in [2.24, 2.45) is 0 Å². The third kappa shape index (κ3) is 4.54. The number of anilines is 2. The van der Waals surface area contributed by atoms with Gasteiger partial charge < -0.3 is 20.7 Å². The molecule has 1 aromatic rings. The summed E-state index contributed by atoms with van der Waals surface area (Å²) in [5.41, 5.74) is 1.05. The minimum absolute atomic E-state index is 0.0176. The Morgan fingerprint density at radius 3 is 2.38 bits per heavy atom. The Bertz CT molecular complexity index is 527. The van der Waals surface area contributed by atoms with Crippen molar-refractivity contribution < 1.29 is 14.3 Å². The van der Waals surface area contributed by atoms with Crippen molar-refractivity contribution in [2.45, 2.75) is 25.9 Å². The van der Waals surface area contributed by atoms with Crippen molar-refractivity contribution in [2.75, 3.05) is 30.3 Å². The molecular formula is C15H21N3O3. The van der Waals surface area contributed by atoms with E-state index in [9.17, 15) is 9.59 Å². The second kappa shape index (κ2) is 6.69. The van der Waals surface area contributed by atoms with Crippen LogP contribution in [0.15, 0.2) is 24.3 Å². The van der Waals surface area contributed by atoms with Crippen molar-refractivity contribution in [3.05, 3.63) is 24.3 Å². The number of ether oxygens (including phenoxy) is 1. The highest BCUT2D eigenvalue weighted by molar-refractivity contribution is 5.94. The van der Waals surface area contributed by atoms with E-state index in [4.69, 9.17) is 4.74 Å². The predicted molar refractivity (Wildman–Crippen MR) is 81.2 cm³/mol. The van der Waals surface area contributed by atoms with Crippen LogP contribution in [-0.4, -0.2) is 37.1 Å². The molecule has 0 spiro atoms. The van der Waals surface area contributed by atoms with Crippen molar-refractivity contribution in [1.29, 1.82) is 0 Å². The number of hydrogen-bond donors (Lipinski definition) is 3. The third-order valence-electron chi connectivity index (χ3n) is 3.30. The van der Waals surface area contributed by atoms with E-state index >= 15 is 0 Å². The number of benzene rings is 1. The van der Waals surface area contributed by atoms with E-state index in [1.54, 1.807) is 31.2 Å². The smallest absolute Gasteiger partial charge is 0.250 e. The van der Waals surface area contributed by atoms with Crippen LogP contribution in [0.25, 0.3) is 0 Å². The van der Waals surface area contributed by atoms with Gasteiger partial charge in [0.05, 0.1) is 5.60 Å². The molecule has 1 saturated heterocycles. The zero-order valence-electron chi connectivity index (χ0n) is 12.4. The van der Waals surface area contributed by atoms with Gasteiger partial charge in [0.25, 0.3) is 0 Å². The fourth-order valence-corrected chi connectivity index (χ4v) is 1.94. The summed E-state index contributed by atoms with van der Waals surface area (Å²) in [6.07, 6.45) is 0.414. The maximum atomic E-state index is 11.8. The van der Waals surface area contributed by atoms with Crippen molar-refractivity contribution in [3.8, 4) is 0 Å². The number of rotatable bonds is 6. The molecular weight excluding hydrogens is 270 g/mol. The summed E-state index contributed by atoms with van der Waals surface area (Å²) >= 11 is 0. The molecule has 0 saturated carbocycles. The maximum Gasteiger partial charge on any atom is 0.250 e. The average Bonchev–Trinajstić information content (AvgIpc) is 2.43. The lowest BCUT2D eigenvalue weighted by molar-refractivity contribution is -0.130. The molecule has 0 atom stereocenters. The number of amides is 2. The molecule has 6 nitrogen and oxygen atoms in total. The van der Waals surface area contributed by atoms with E-state index in [1.165, 1.54) is 0 Å². The molecule has 0 bridgehead atoms. The van der Waals surface area contributed by atoms with Crippen molar-refractivity contribution >= 4 is 23.2 Å². The normalized spacial score (nSPS) is 15.9. The Hall–Kier alpha value is -1.92. The average molecular weight is 291 g/mol. The zero-order chi connectivity index (χ0) is 15.3. The van der Waals surface area contributed by atoms with E-state index in [2.05, 4.69) is 16.0 Å². The van der Waals surface area contributed by atoms with Crippen LogP contribution < -0.4 is 16.0 Å². The molecule has 114 valence electrons. The van der Waals surface area contributed by atoms with Crippen LogP contribution in [0.4, 0.5) is 11.4 Å². The third-order valence-corrected chi connectivity index (χ3v) is 3.30. The van der Waals surface area contributed by atoms with Gasteiger partial charge in [-0.25, -0.2) is 0 Å². The number of carbonyl (C=O) groups is 2. The van der Waals surface area contributed by atoms with E-state index in [0.717, 1.165) is 13.1 Å². The lowest BCUT2D eigenvalue weighted by atomic mass is 10.0. The topological polar surface area (TPSA) is 79.5 Å². The molecule has 21 heavy (non-hydrogen) atoms. The summed E-state index contributed by atoms with van der Waals surface area (Å²) in [5, 5.41) is 8.62. The predicted octanol–water partition coefficient (Wildman–Crippen LogP) is 1.35. The molecule has 3 N–H and O–H groups in total. The van der Waals surface area contributed by atoms with E-state index in [0.29, 0.717) is 17.8 Å². The van der Waals surface area contributed by atoms with E-state index in [1.807, 2.05) is 6.92 Å². The van der Waals surface area contributed by atoms with Crippen molar-refractivity contribution in [1.82, 2.24) is 5.32 Å². The van der Waals surface area contributed by atoms with Gasteiger partial charge in [0.1, 0.15) is 6.61 Å². The molecule has 0 unspecified atom stereocenters. The highest BCUT2D eigenvalue weighted by Gasteiger charge is 2.32. The lowest BCUT2D eigenvalue weighted by Crippen LogP contribution is -2.59. The van der Waals surface area contributed by atoms with Gasteiger partial charge in [-0.2, -0.15) is 0 Å². The molecule has 1 aliphatic rings. The highest BCUT2D eigenvalue weighted by atomic mass is 16.5. The Morgan fingerprint density at radius 2 is 1.86 bits per heavy atom. The first-order valence-corrected chi connectivity index (χ1v) is 7.05. The molecule has 6 heteroatoms. The van der Waals surface area contributed by atoms with E-state index < -0.39 is 0 Å². The molecule has 2 rings (SSSR count). The summed E-state index contributed by atoms with van der Waals surface area (Å²) in [7, 11) is 0. The molecule has 0 aromatic heterocycles. The van der Waals surface area contributed by atoms with Gasteiger partial charge in [0, 0.05) is 30.9 Å². The first-order chi connectivity index (χ1) is 10.0.